The van der Waals surface area contributed by atoms with Gasteiger partial charge in [-0.1, -0.05) is 12.1 Å². The van der Waals surface area contributed by atoms with Crippen LogP contribution in [0, 0.1) is 5.92 Å². The van der Waals surface area contributed by atoms with Crippen LogP contribution in [0.15, 0.2) is 10.6 Å². The molecule has 5 heteroatoms. The molecule has 2 fully saturated rings. The first-order valence-electron chi connectivity index (χ1n) is 7.52. The molecule has 0 saturated heterocycles. The van der Waals surface area contributed by atoms with Crippen LogP contribution in [0.5, 0.6) is 0 Å². The van der Waals surface area contributed by atoms with Crippen molar-refractivity contribution in [3.8, 4) is 0 Å². The lowest BCUT2D eigenvalue weighted by Crippen LogP contribution is -2.53. The lowest BCUT2D eigenvalue weighted by atomic mass is 9.77. The quantitative estimate of drug-likeness (QED) is 0.885. The summed E-state index contributed by atoms with van der Waals surface area (Å²) in [5.74, 6) is 1.70. The number of nitrogens with one attached hydrogen (secondary N) is 1. The third-order valence-corrected chi connectivity index (χ3v) is 4.65. The summed E-state index contributed by atoms with van der Waals surface area (Å²) in [7, 11) is 0. The molecule has 0 spiro atoms. The summed E-state index contributed by atoms with van der Waals surface area (Å²) < 4.78 is 5.21. The van der Waals surface area contributed by atoms with Crippen molar-refractivity contribution in [2.45, 2.75) is 56.9 Å². The van der Waals surface area contributed by atoms with Crippen LogP contribution < -0.4 is 5.32 Å². The number of aliphatic hydroxyl groups is 1. The van der Waals surface area contributed by atoms with Crippen molar-refractivity contribution < 1.29 is 14.4 Å². The normalized spacial score (nSPS) is 30.2. The van der Waals surface area contributed by atoms with Crippen molar-refractivity contribution >= 4 is 5.91 Å². The zero-order chi connectivity index (χ0) is 14.2. The summed E-state index contributed by atoms with van der Waals surface area (Å²) in [6.07, 6.45) is 5.96. The maximum atomic E-state index is 12.3. The minimum Gasteiger partial charge on any atom is -0.394 e. The average Bonchev–Trinajstić information content (AvgIpc) is 3.19. The summed E-state index contributed by atoms with van der Waals surface area (Å²) in [5, 5.41) is 16.5. The molecule has 1 amide bonds. The van der Waals surface area contributed by atoms with Gasteiger partial charge in [-0.15, -0.1) is 0 Å². The molecular formula is C15H22N2O3. The summed E-state index contributed by atoms with van der Waals surface area (Å²) >= 11 is 0. The Balaban J connectivity index is 1.66. The fourth-order valence-electron chi connectivity index (χ4n) is 2.90. The molecule has 0 atom stereocenters. The molecule has 1 aromatic rings. The summed E-state index contributed by atoms with van der Waals surface area (Å²) in [6, 6.07) is 1.74. The number of carbonyl (C=O) groups excluding carboxylic acids is 1. The summed E-state index contributed by atoms with van der Waals surface area (Å²) in [4.78, 5) is 12.3. The van der Waals surface area contributed by atoms with Gasteiger partial charge in [0.2, 0.25) is 0 Å². The predicted molar refractivity (Wildman–Crippen MR) is 73.4 cm³/mol. The zero-order valence-electron chi connectivity index (χ0n) is 11.9. The van der Waals surface area contributed by atoms with E-state index in [1.165, 1.54) is 0 Å². The van der Waals surface area contributed by atoms with Gasteiger partial charge in [-0.05, 0) is 44.4 Å². The van der Waals surface area contributed by atoms with E-state index < -0.39 is 5.54 Å². The third-order valence-electron chi connectivity index (χ3n) is 4.65. The molecule has 0 bridgehead atoms. The highest BCUT2D eigenvalue weighted by Crippen LogP contribution is 2.40. The highest BCUT2D eigenvalue weighted by Gasteiger charge is 2.36. The maximum Gasteiger partial charge on any atom is 0.273 e. The number of rotatable bonds is 4. The van der Waals surface area contributed by atoms with E-state index in [0.29, 0.717) is 17.5 Å². The number of aromatic nitrogens is 1. The third kappa shape index (κ3) is 2.73. The second kappa shape index (κ2) is 5.20. The first-order chi connectivity index (χ1) is 9.62. The van der Waals surface area contributed by atoms with Crippen LogP contribution >= 0.6 is 0 Å². The molecule has 2 N–H and O–H groups in total. The Morgan fingerprint density at radius 2 is 2.15 bits per heavy atom. The maximum absolute atomic E-state index is 12.3. The van der Waals surface area contributed by atoms with Gasteiger partial charge in [0.1, 0.15) is 5.76 Å². The highest BCUT2D eigenvalue weighted by molar-refractivity contribution is 5.92. The summed E-state index contributed by atoms with van der Waals surface area (Å²) in [5.41, 5.74) is -0.152. The fourth-order valence-corrected chi connectivity index (χ4v) is 2.90. The number of carbonyl (C=O) groups is 1. The molecular weight excluding hydrogens is 256 g/mol. The van der Waals surface area contributed by atoms with Crippen molar-refractivity contribution in [2.75, 3.05) is 6.61 Å². The van der Waals surface area contributed by atoms with E-state index in [9.17, 15) is 9.90 Å². The molecule has 0 aromatic carbocycles. The standard InChI is InChI=1S/C15H22N2O3/c1-10-4-6-15(9-18,7-5-10)16-14(19)12-8-13(20-17-12)11-2-3-11/h8,10-11,18H,2-7,9H2,1H3,(H,16,19). The Labute approximate surface area is 118 Å². The first-order valence-corrected chi connectivity index (χ1v) is 7.52. The van der Waals surface area contributed by atoms with Crippen molar-refractivity contribution in [1.82, 2.24) is 10.5 Å². The minimum atomic E-state index is -0.484. The zero-order valence-corrected chi connectivity index (χ0v) is 11.9. The molecule has 1 aromatic heterocycles. The Hall–Kier alpha value is -1.36. The number of nitrogens with zero attached hydrogens (tertiary/aromatic N) is 1. The van der Waals surface area contributed by atoms with Gasteiger partial charge in [-0.25, -0.2) is 0 Å². The van der Waals surface area contributed by atoms with Crippen LogP contribution in [0.1, 0.15) is 67.6 Å². The van der Waals surface area contributed by atoms with Gasteiger partial charge >= 0.3 is 0 Å². The Morgan fingerprint density at radius 3 is 2.75 bits per heavy atom. The molecule has 1 heterocycles. The number of hydrogen-bond acceptors (Lipinski definition) is 4. The molecule has 5 nitrogen and oxygen atoms in total. The van der Waals surface area contributed by atoms with Crippen LogP contribution in [0.25, 0.3) is 0 Å². The first kappa shape index (κ1) is 13.6. The van der Waals surface area contributed by atoms with Gasteiger partial charge in [0.25, 0.3) is 5.91 Å². The Morgan fingerprint density at radius 1 is 1.45 bits per heavy atom. The molecule has 2 aliphatic carbocycles. The molecule has 0 aliphatic heterocycles. The topological polar surface area (TPSA) is 75.4 Å². The minimum absolute atomic E-state index is 0.0151. The van der Waals surface area contributed by atoms with Crippen LogP contribution in [-0.2, 0) is 0 Å². The smallest absolute Gasteiger partial charge is 0.273 e. The Kier molecular flexibility index (Phi) is 3.54. The van der Waals surface area contributed by atoms with Crippen LogP contribution in [0.2, 0.25) is 0 Å². The van der Waals surface area contributed by atoms with E-state index in [0.717, 1.165) is 44.3 Å². The van der Waals surface area contributed by atoms with Crippen molar-refractivity contribution in [1.29, 1.82) is 0 Å². The molecule has 2 saturated carbocycles. The molecule has 2 aliphatic rings. The van der Waals surface area contributed by atoms with E-state index >= 15 is 0 Å². The summed E-state index contributed by atoms with van der Waals surface area (Å²) in [6.45, 7) is 2.20. The van der Waals surface area contributed by atoms with Crippen LogP contribution in [0.4, 0.5) is 0 Å². The van der Waals surface area contributed by atoms with Gasteiger partial charge in [-0.2, -0.15) is 0 Å². The molecule has 0 radical (unpaired) electrons. The lowest BCUT2D eigenvalue weighted by Gasteiger charge is -2.38. The largest absolute Gasteiger partial charge is 0.394 e. The van der Waals surface area contributed by atoms with E-state index in [2.05, 4.69) is 17.4 Å². The fraction of sp³-hybridized carbons (Fsp3) is 0.733. The molecule has 3 rings (SSSR count). The number of aliphatic hydroxyl groups excluding tert-OH is 1. The van der Waals surface area contributed by atoms with Gasteiger partial charge in [0.05, 0.1) is 12.1 Å². The van der Waals surface area contributed by atoms with Gasteiger partial charge in [-0.3, -0.25) is 4.79 Å². The average molecular weight is 278 g/mol. The number of hydrogen-bond donors (Lipinski definition) is 2. The van der Waals surface area contributed by atoms with E-state index in [4.69, 9.17) is 4.52 Å². The van der Waals surface area contributed by atoms with Crippen molar-refractivity contribution in [3.05, 3.63) is 17.5 Å². The number of amides is 1. The highest BCUT2D eigenvalue weighted by atomic mass is 16.5. The van der Waals surface area contributed by atoms with Crippen LogP contribution in [-0.4, -0.2) is 28.3 Å². The second-order valence-electron chi connectivity index (χ2n) is 6.46. The monoisotopic (exact) mass is 278 g/mol. The molecule has 20 heavy (non-hydrogen) atoms. The van der Waals surface area contributed by atoms with Crippen molar-refractivity contribution in [2.24, 2.45) is 5.92 Å². The van der Waals surface area contributed by atoms with Crippen LogP contribution in [0.3, 0.4) is 0 Å². The Bertz CT molecular complexity index is 485. The molecule has 110 valence electrons. The van der Waals surface area contributed by atoms with Crippen molar-refractivity contribution in [3.63, 3.8) is 0 Å². The second-order valence-corrected chi connectivity index (χ2v) is 6.46. The van der Waals surface area contributed by atoms with Gasteiger partial charge in [0, 0.05) is 12.0 Å². The SMILES string of the molecule is CC1CCC(CO)(NC(=O)c2cc(C3CC3)on2)CC1. The predicted octanol–water partition coefficient (Wildman–Crippen LogP) is 2.22. The van der Waals surface area contributed by atoms with Gasteiger partial charge in [0.15, 0.2) is 5.69 Å². The van der Waals surface area contributed by atoms with E-state index in [1.807, 2.05) is 0 Å². The van der Waals surface area contributed by atoms with Gasteiger partial charge < -0.3 is 14.9 Å². The van der Waals surface area contributed by atoms with E-state index in [-0.39, 0.29) is 12.5 Å². The molecule has 0 unspecified atom stereocenters. The van der Waals surface area contributed by atoms with E-state index in [1.54, 1.807) is 6.07 Å². The lowest BCUT2D eigenvalue weighted by molar-refractivity contribution is 0.0709.